The number of carboxylic acids is 1. The third kappa shape index (κ3) is 8.44. The van der Waals surface area contributed by atoms with Crippen LogP contribution in [0.3, 0.4) is 0 Å². The van der Waals surface area contributed by atoms with Gasteiger partial charge in [0.2, 0.25) is 0 Å². The maximum absolute atomic E-state index is 12.0. The number of hydrogen-bond acceptors (Lipinski definition) is 3. The van der Waals surface area contributed by atoms with Gasteiger partial charge in [0.15, 0.2) is 0 Å². The molecular formula is C20H32O4. The van der Waals surface area contributed by atoms with E-state index in [0.717, 1.165) is 44.9 Å². The zero-order valence-corrected chi connectivity index (χ0v) is 14.9. The van der Waals surface area contributed by atoms with Gasteiger partial charge in [-0.25, -0.2) is 0 Å². The lowest BCUT2D eigenvalue weighted by Gasteiger charge is -2.15. The maximum Gasteiger partial charge on any atom is 0.303 e. The van der Waals surface area contributed by atoms with E-state index in [-0.39, 0.29) is 24.2 Å². The van der Waals surface area contributed by atoms with Crippen LogP contribution < -0.4 is 0 Å². The summed E-state index contributed by atoms with van der Waals surface area (Å²) in [6.45, 7) is 2.15. The van der Waals surface area contributed by atoms with Gasteiger partial charge in [-0.3, -0.25) is 9.59 Å². The van der Waals surface area contributed by atoms with Crippen LogP contribution in [-0.4, -0.2) is 28.1 Å². The van der Waals surface area contributed by atoms with E-state index < -0.39 is 5.97 Å². The fraction of sp³-hybridized carbons (Fsp3) is 0.700. The molecule has 0 aliphatic heterocycles. The molecule has 136 valence electrons. The molecular weight excluding hydrogens is 304 g/mol. The highest BCUT2D eigenvalue weighted by molar-refractivity contribution is 5.88. The SMILES string of the molecule is CCCCC[C@H](O)CCC1=CCC(=O)[C@@H]1CC=CCCCC(=O)O. The summed E-state index contributed by atoms with van der Waals surface area (Å²) in [6.07, 6.45) is 14.3. The minimum atomic E-state index is -0.767. The molecule has 1 rings (SSSR count). The Hall–Kier alpha value is -1.42. The quantitative estimate of drug-likeness (QED) is 0.385. The van der Waals surface area contributed by atoms with Gasteiger partial charge in [-0.1, -0.05) is 50.0 Å². The van der Waals surface area contributed by atoms with Crippen molar-refractivity contribution in [1.82, 2.24) is 0 Å². The molecule has 4 nitrogen and oxygen atoms in total. The Labute approximate surface area is 145 Å². The smallest absolute Gasteiger partial charge is 0.303 e. The Bertz CT molecular complexity index is 451. The van der Waals surface area contributed by atoms with Crippen LogP contribution in [0, 0.1) is 5.92 Å². The largest absolute Gasteiger partial charge is 0.481 e. The normalized spacial score (nSPS) is 19.0. The van der Waals surface area contributed by atoms with Crippen molar-refractivity contribution < 1.29 is 19.8 Å². The van der Waals surface area contributed by atoms with E-state index in [0.29, 0.717) is 19.3 Å². The summed E-state index contributed by atoms with van der Waals surface area (Å²) < 4.78 is 0. The number of carbonyl (C=O) groups is 2. The molecule has 0 aromatic rings. The molecule has 24 heavy (non-hydrogen) atoms. The van der Waals surface area contributed by atoms with E-state index >= 15 is 0 Å². The lowest BCUT2D eigenvalue weighted by molar-refractivity contribution is -0.137. The first-order chi connectivity index (χ1) is 11.5. The minimum absolute atomic E-state index is 0.0384. The van der Waals surface area contributed by atoms with Crippen molar-refractivity contribution >= 4 is 11.8 Å². The molecule has 0 radical (unpaired) electrons. The molecule has 0 unspecified atom stereocenters. The number of aliphatic carboxylic acids is 1. The molecule has 2 atom stereocenters. The summed E-state index contributed by atoms with van der Waals surface area (Å²) in [4.78, 5) is 22.5. The maximum atomic E-state index is 12.0. The number of allylic oxidation sites excluding steroid dienone is 4. The Morgan fingerprint density at radius 2 is 2.08 bits per heavy atom. The molecule has 0 fully saturated rings. The van der Waals surface area contributed by atoms with Crippen LogP contribution in [0.5, 0.6) is 0 Å². The first kappa shape index (κ1) is 20.6. The summed E-state index contributed by atoms with van der Waals surface area (Å²) in [5, 5.41) is 18.6. The summed E-state index contributed by atoms with van der Waals surface area (Å²) >= 11 is 0. The van der Waals surface area contributed by atoms with Gasteiger partial charge in [0.1, 0.15) is 5.78 Å². The standard InChI is InChI=1S/C20H32O4/c1-2-3-6-9-17(21)14-12-16-13-15-19(22)18(16)10-7-4-5-8-11-20(23)24/h4,7,13,17-18,21H,2-3,5-6,8-12,14-15H2,1H3,(H,23,24)/t17-,18+/m0/s1. The average molecular weight is 336 g/mol. The van der Waals surface area contributed by atoms with Gasteiger partial charge in [-0.2, -0.15) is 0 Å². The highest BCUT2D eigenvalue weighted by Crippen LogP contribution is 2.30. The number of rotatable bonds is 13. The number of hydrogen-bond donors (Lipinski definition) is 2. The molecule has 2 N–H and O–H groups in total. The molecule has 1 aliphatic carbocycles. The van der Waals surface area contributed by atoms with Crippen LogP contribution in [0.25, 0.3) is 0 Å². The third-order valence-corrected chi connectivity index (χ3v) is 4.61. The Kier molecular flexibility index (Phi) is 10.3. The third-order valence-electron chi connectivity index (χ3n) is 4.61. The predicted molar refractivity (Wildman–Crippen MR) is 95.8 cm³/mol. The van der Waals surface area contributed by atoms with Crippen molar-refractivity contribution in [3.63, 3.8) is 0 Å². The second-order valence-electron chi connectivity index (χ2n) is 6.68. The van der Waals surface area contributed by atoms with Gasteiger partial charge in [0.05, 0.1) is 6.10 Å². The molecule has 0 spiro atoms. The number of unbranched alkanes of at least 4 members (excludes halogenated alkanes) is 3. The predicted octanol–water partition coefficient (Wildman–Crippen LogP) is 4.42. The molecule has 0 aromatic carbocycles. The van der Waals surface area contributed by atoms with Crippen LogP contribution in [0.1, 0.15) is 77.6 Å². The summed E-state index contributed by atoms with van der Waals surface area (Å²) in [6, 6.07) is 0. The van der Waals surface area contributed by atoms with Crippen LogP contribution in [0.2, 0.25) is 0 Å². The van der Waals surface area contributed by atoms with Gasteiger partial charge in [0.25, 0.3) is 0 Å². The van der Waals surface area contributed by atoms with Crippen molar-refractivity contribution in [3.05, 3.63) is 23.8 Å². The summed E-state index contributed by atoms with van der Waals surface area (Å²) in [5.74, 6) is -0.540. The number of Topliss-reactive ketones (excluding diaryl/α,β-unsaturated/α-hetero) is 1. The number of aliphatic hydroxyl groups is 1. The molecule has 0 aromatic heterocycles. The monoisotopic (exact) mass is 336 g/mol. The van der Waals surface area contributed by atoms with E-state index in [4.69, 9.17) is 5.11 Å². The van der Waals surface area contributed by atoms with E-state index in [1.807, 2.05) is 18.2 Å². The highest BCUT2D eigenvalue weighted by atomic mass is 16.4. The van der Waals surface area contributed by atoms with Gasteiger partial charge in [-0.15, -0.1) is 0 Å². The Morgan fingerprint density at radius 1 is 1.29 bits per heavy atom. The van der Waals surface area contributed by atoms with Gasteiger partial charge in [-0.05, 0) is 38.5 Å². The van der Waals surface area contributed by atoms with Crippen molar-refractivity contribution in [1.29, 1.82) is 0 Å². The van der Waals surface area contributed by atoms with Crippen molar-refractivity contribution in [2.75, 3.05) is 0 Å². The second kappa shape index (κ2) is 12.0. The molecule has 0 amide bonds. The van der Waals surface area contributed by atoms with Crippen LogP contribution in [0.4, 0.5) is 0 Å². The fourth-order valence-electron chi connectivity index (χ4n) is 3.11. The topological polar surface area (TPSA) is 74.6 Å². The van der Waals surface area contributed by atoms with E-state index in [2.05, 4.69) is 6.92 Å². The van der Waals surface area contributed by atoms with E-state index in [1.165, 1.54) is 5.57 Å². The second-order valence-corrected chi connectivity index (χ2v) is 6.68. The summed E-state index contributed by atoms with van der Waals surface area (Å²) in [7, 11) is 0. The van der Waals surface area contributed by atoms with Gasteiger partial charge >= 0.3 is 5.97 Å². The van der Waals surface area contributed by atoms with E-state index in [9.17, 15) is 14.7 Å². The number of carbonyl (C=O) groups excluding carboxylic acids is 1. The van der Waals surface area contributed by atoms with Crippen LogP contribution in [0.15, 0.2) is 23.8 Å². The minimum Gasteiger partial charge on any atom is -0.481 e. The first-order valence-corrected chi connectivity index (χ1v) is 9.31. The zero-order chi connectivity index (χ0) is 17.8. The molecule has 0 saturated heterocycles. The van der Waals surface area contributed by atoms with Crippen LogP contribution in [-0.2, 0) is 9.59 Å². The first-order valence-electron chi connectivity index (χ1n) is 9.31. The highest BCUT2D eigenvalue weighted by Gasteiger charge is 2.26. The average Bonchev–Trinajstić information content (AvgIpc) is 2.89. The van der Waals surface area contributed by atoms with Crippen molar-refractivity contribution in [2.24, 2.45) is 5.92 Å². The van der Waals surface area contributed by atoms with Crippen molar-refractivity contribution in [2.45, 2.75) is 83.7 Å². The molecule has 0 heterocycles. The Morgan fingerprint density at radius 3 is 2.79 bits per heavy atom. The van der Waals surface area contributed by atoms with Gasteiger partial charge in [0, 0.05) is 18.8 Å². The Balaban J connectivity index is 2.30. The number of carboxylic acid groups (broad SMARTS) is 1. The molecule has 0 saturated carbocycles. The van der Waals surface area contributed by atoms with Crippen LogP contribution >= 0.6 is 0 Å². The molecule has 1 aliphatic rings. The lowest BCUT2D eigenvalue weighted by atomic mass is 9.91. The molecule has 4 heteroatoms. The number of ketones is 1. The number of aliphatic hydroxyl groups excluding tert-OH is 1. The van der Waals surface area contributed by atoms with Crippen molar-refractivity contribution in [3.8, 4) is 0 Å². The zero-order valence-electron chi connectivity index (χ0n) is 14.9. The van der Waals surface area contributed by atoms with E-state index in [1.54, 1.807) is 0 Å². The van der Waals surface area contributed by atoms with Gasteiger partial charge < -0.3 is 10.2 Å². The summed E-state index contributed by atoms with van der Waals surface area (Å²) in [5.41, 5.74) is 1.17. The lowest BCUT2D eigenvalue weighted by Crippen LogP contribution is -2.12. The fourth-order valence-corrected chi connectivity index (χ4v) is 3.11. The molecule has 0 bridgehead atoms.